The van der Waals surface area contributed by atoms with Gasteiger partial charge in [-0.05, 0) is 48.9 Å². The summed E-state index contributed by atoms with van der Waals surface area (Å²) in [6.07, 6.45) is 0. The number of aromatic nitrogens is 1. The smallest absolute Gasteiger partial charge is 0.243 e. The molecule has 0 spiro atoms. The Morgan fingerprint density at radius 2 is 1.52 bits per heavy atom. The second kappa shape index (κ2) is 11.4. The number of carbonyl (C=O) groups excluding carboxylic acids is 1. The molecule has 8 nitrogen and oxygen atoms in total. The minimum atomic E-state index is -4.07. The lowest BCUT2D eigenvalue weighted by molar-refractivity contribution is -0.116. The van der Waals surface area contributed by atoms with Crippen LogP contribution in [0, 0.1) is 0 Å². The topological polar surface area (TPSA) is 89.9 Å². The van der Waals surface area contributed by atoms with E-state index in [1.165, 1.54) is 36.7 Å². The molecule has 0 aliphatic heterocycles. The van der Waals surface area contributed by atoms with E-state index in [4.69, 9.17) is 9.47 Å². The van der Waals surface area contributed by atoms with E-state index in [0.29, 0.717) is 11.4 Å². The molecule has 206 valence electrons. The first-order chi connectivity index (χ1) is 19.3. The number of anilines is 1. The first-order valence-electron chi connectivity index (χ1n) is 12.9. The van der Waals surface area contributed by atoms with Gasteiger partial charge in [0.1, 0.15) is 0 Å². The van der Waals surface area contributed by atoms with Crippen LogP contribution in [0.15, 0.2) is 95.9 Å². The Morgan fingerprint density at radius 3 is 2.25 bits per heavy atom. The summed E-state index contributed by atoms with van der Waals surface area (Å²) in [4.78, 5) is 13.3. The predicted octanol–water partition coefficient (Wildman–Crippen LogP) is 5.66. The number of nitrogens with zero attached hydrogens (tertiary/aromatic N) is 2. The molecule has 0 aliphatic rings. The van der Waals surface area contributed by atoms with Crippen molar-refractivity contribution in [2.24, 2.45) is 0 Å². The Morgan fingerprint density at radius 1 is 0.825 bits per heavy atom. The third-order valence-electron chi connectivity index (χ3n) is 6.89. The number of ether oxygens (including phenoxy) is 2. The standard InChI is InChI=1S/C31H31N3O5S/c1-4-34-27-13-9-8-12-25(27)26-18-23(14-16-28(26)34)32-31(35)21-33(20-22-10-6-5-7-11-22)40(36,37)24-15-17-29(38-2)30(19-24)39-3/h5-19H,4,20-21H2,1-3H3,(H,32,35). The van der Waals surface area contributed by atoms with Gasteiger partial charge >= 0.3 is 0 Å². The molecule has 1 N–H and O–H groups in total. The number of hydrogen-bond acceptors (Lipinski definition) is 5. The molecule has 1 aromatic heterocycles. The van der Waals surface area contributed by atoms with Gasteiger partial charge in [-0.15, -0.1) is 0 Å². The normalized spacial score (nSPS) is 11.7. The van der Waals surface area contributed by atoms with Crippen molar-refractivity contribution in [3.8, 4) is 11.5 Å². The van der Waals surface area contributed by atoms with Gasteiger partial charge in [0.05, 0.1) is 25.7 Å². The number of nitrogens with one attached hydrogen (secondary N) is 1. The number of benzene rings is 4. The highest BCUT2D eigenvalue weighted by Crippen LogP contribution is 2.32. The van der Waals surface area contributed by atoms with Crippen molar-refractivity contribution in [2.75, 3.05) is 26.1 Å². The van der Waals surface area contributed by atoms with E-state index < -0.39 is 15.9 Å². The van der Waals surface area contributed by atoms with E-state index >= 15 is 0 Å². The van der Waals surface area contributed by atoms with Gasteiger partial charge in [-0.2, -0.15) is 4.31 Å². The van der Waals surface area contributed by atoms with Crippen LogP contribution in [0.1, 0.15) is 12.5 Å². The summed E-state index contributed by atoms with van der Waals surface area (Å²) in [5, 5.41) is 5.02. The number of aryl methyl sites for hydroxylation is 1. The third kappa shape index (κ3) is 5.25. The van der Waals surface area contributed by atoms with Crippen molar-refractivity contribution in [3.05, 3.63) is 96.6 Å². The maximum Gasteiger partial charge on any atom is 0.243 e. The zero-order valence-electron chi connectivity index (χ0n) is 22.6. The first kappa shape index (κ1) is 27.2. The minimum Gasteiger partial charge on any atom is -0.493 e. The second-order valence-electron chi connectivity index (χ2n) is 9.32. The molecule has 5 rings (SSSR count). The number of sulfonamides is 1. The number of hydrogen-bond donors (Lipinski definition) is 1. The molecule has 4 aromatic carbocycles. The molecule has 1 heterocycles. The quantitative estimate of drug-likeness (QED) is 0.239. The summed E-state index contributed by atoms with van der Waals surface area (Å²) in [7, 11) is -1.15. The highest BCUT2D eigenvalue weighted by molar-refractivity contribution is 7.89. The molecule has 9 heteroatoms. The molecule has 0 radical (unpaired) electrons. The van der Waals surface area contributed by atoms with E-state index in [1.807, 2.05) is 60.7 Å². The summed E-state index contributed by atoms with van der Waals surface area (Å²) in [6.45, 7) is 2.56. The van der Waals surface area contributed by atoms with E-state index in [0.717, 1.165) is 33.9 Å². The molecule has 0 unspecified atom stereocenters. The SMILES string of the molecule is CCn1c2ccccc2c2cc(NC(=O)CN(Cc3ccccc3)S(=O)(=O)c3ccc(OC)c(OC)c3)ccc21. The lowest BCUT2D eigenvalue weighted by Crippen LogP contribution is -2.37. The van der Waals surface area contributed by atoms with Crippen LogP contribution in [-0.4, -0.2) is 44.0 Å². The lowest BCUT2D eigenvalue weighted by Gasteiger charge is -2.22. The number of methoxy groups -OCH3 is 2. The molecule has 0 bridgehead atoms. The predicted molar refractivity (Wildman–Crippen MR) is 157 cm³/mol. The fourth-order valence-corrected chi connectivity index (χ4v) is 6.37. The van der Waals surface area contributed by atoms with Crippen LogP contribution < -0.4 is 14.8 Å². The summed E-state index contributed by atoms with van der Waals surface area (Å²) < 4.78 is 41.6. The Balaban J connectivity index is 1.45. The van der Waals surface area contributed by atoms with Gasteiger partial charge < -0.3 is 19.4 Å². The van der Waals surface area contributed by atoms with Gasteiger partial charge in [0, 0.05) is 46.6 Å². The summed E-state index contributed by atoms with van der Waals surface area (Å²) in [6, 6.07) is 27.5. The second-order valence-corrected chi connectivity index (χ2v) is 11.3. The molecule has 40 heavy (non-hydrogen) atoms. The highest BCUT2D eigenvalue weighted by Gasteiger charge is 2.28. The molecule has 0 atom stereocenters. The summed E-state index contributed by atoms with van der Waals surface area (Å²) >= 11 is 0. The van der Waals surface area contributed by atoms with Crippen molar-refractivity contribution in [2.45, 2.75) is 24.9 Å². The third-order valence-corrected chi connectivity index (χ3v) is 8.67. The summed E-state index contributed by atoms with van der Waals surface area (Å²) in [5.74, 6) is 0.249. The van der Waals surface area contributed by atoms with Gasteiger partial charge in [0.15, 0.2) is 11.5 Å². The maximum atomic E-state index is 13.8. The molecule has 0 fully saturated rings. The van der Waals surface area contributed by atoms with Crippen molar-refractivity contribution in [3.63, 3.8) is 0 Å². The van der Waals surface area contributed by atoms with Gasteiger partial charge in [-0.25, -0.2) is 8.42 Å². The van der Waals surface area contributed by atoms with Gasteiger partial charge in [0.2, 0.25) is 15.9 Å². The van der Waals surface area contributed by atoms with Crippen molar-refractivity contribution in [1.29, 1.82) is 0 Å². The monoisotopic (exact) mass is 557 g/mol. The zero-order chi connectivity index (χ0) is 28.3. The Kier molecular flexibility index (Phi) is 7.77. The Bertz CT molecular complexity index is 1780. The molecule has 0 saturated heterocycles. The van der Waals surface area contributed by atoms with Gasteiger partial charge in [-0.3, -0.25) is 4.79 Å². The largest absolute Gasteiger partial charge is 0.493 e. The van der Waals surface area contributed by atoms with Crippen molar-refractivity contribution in [1.82, 2.24) is 8.87 Å². The molecular formula is C31H31N3O5S. The first-order valence-corrected chi connectivity index (χ1v) is 14.4. The van der Waals surface area contributed by atoms with Crippen LogP contribution in [-0.2, 0) is 27.9 Å². The van der Waals surface area contributed by atoms with Crippen molar-refractivity contribution >= 4 is 43.4 Å². The van der Waals surface area contributed by atoms with E-state index in [-0.39, 0.29) is 23.7 Å². The number of para-hydroxylation sites is 1. The average Bonchev–Trinajstić information content (AvgIpc) is 3.29. The van der Waals surface area contributed by atoms with Crippen LogP contribution in [0.3, 0.4) is 0 Å². The van der Waals surface area contributed by atoms with Gasteiger partial charge in [-0.1, -0.05) is 48.5 Å². The molecular weight excluding hydrogens is 526 g/mol. The molecule has 0 aliphatic carbocycles. The highest BCUT2D eigenvalue weighted by atomic mass is 32.2. The lowest BCUT2D eigenvalue weighted by atomic mass is 10.1. The van der Waals surface area contributed by atoms with E-state index in [2.05, 4.69) is 28.9 Å². The van der Waals surface area contributed by atoms with Crippen LogP contribution >= 0.6 is 0 Å². The molecule has 5 aromatic rings. The summed E-state index contributed by atoms with van der Waals surface area (Å²) in [5.41, 5.74) is 3.55. The fraction of sp³-hybridized carbons (Fsp3) is 0.194. The Labute approximate surface area is 233 Å². The zero-order valence-corrected chi connectivity index (χ0v) is 23.4. The van der Waals surface area contributed by atoms with Crippen LogP contribution in [0.2, 0.25) is 0 Å². The molecule has 0 saturated carbocycles. The molecule has 1 amide bonds. The van der Waals surface area contributed by atoms with E-state index in [1.54, 1.807) is 0 Å². The van der Waals surface area contributed by atoms with E-state index in [9.17, 15) is 13.2 Å². The van der Waals surface area contributed by atoms with Gasteiger partial charge in [0.25, 0.3) is 0 Å². The minimum absolute atomic E-state index is 0.00248. The number of rotatable bonds is 10. The number of amides is 1. The fourth-order valence-electron chi connectivity index (χ4n) is 4.97. The number of carbonyl (C=O) groups is 1. The average molecular weight is 558 g/mol. The Hall–Kier alpha value is -4.34. The maximum absolute atomic E-state index is 13.8. The number of fused-ring (bicyclic) bond motifs is 3. The van der Waals surface area contributed by atoms with Crippen molar-refractivity contribution < 1.29 is 22.7 Å². The van der Waals surface area contributed by atoms with Crippen LogP contribution in [0.25, 0.3) is 21.8 Å². The van der Waals surface area contributed by atoms with Crippen LogP contribution in [0.5, 0.6) is 11.5 Å². The van der Waals surface area contributed by atoms with Crippen LogP contribution in [0.4, 0.5) is 5.69 Å².